The first kappa shape index (κ1) is 12.3. The van der Waals surface area contributed by atoms with Gasteiger partial charge < -0.3 is 10.5 Å². The van der Waals surface area contributed by atoms with Crippen molar-refractivity contribution in [1.82, 2.24) is 0 Å². The van der Waals surface area contributed by atoms with Crippen molar-refractivity contribution in [2.45, 2.75) is 46.6 Å². The Balaban J connectivity index is 0. The van der Waals surface area contributed by atoms with E-state index in [9.17, 15) is 4.79 Å². The summed E-state index contributed by atoms with van der Waals surface area (Å²) in [7, 11) is 0. The second-order valence-corrected chi connectivity index (χ2v) is 2.44. The smallest absolute Gasteiger partial charge is 0.129 e. The molecule has 62 valence electrons. The number of hydrogen-bond acceptors (Lipinski definition) is 2. The Kier molecular flexibility index (Phi) is 10.6. The van der Waals surface area contributed by atoms with Crippen molar-refractivity contribution in [1.29, 1.82) is 0 Å². The van der Waals surface area contributed by atoms with Gasteiger partial charge in [0.2, 0.25) is 0 Å². The lowest BCUT2D eigenvalue weighted by Crippen LogP contribution is -2.11. The van der Waals surface area contributed by atoms with Gasteiger partial charge in [0.05, 0.1) is 0 Å². The molecule has 0 radical (unpaired) electrons. The van der Waals surface area contributed by atoms with Gasteiger partial charge in [-0.1, -0.05) is 13.8 Å². The SMILES string of the molecule is CCC(C)=O.CCC(C)N. The molecule has 0 aliphatic carbocycles. The third kappa shape index (κ3) is 25.5. The minimum atomic E-state index is 0.255. The van der Waals surface area contributed by atoms with E-state index in [-0.39, 0.29) is 5.78 Å². The molecule has 0 spiro atoms. The highest BCUT2D eigenvalue weighted by Gasteiger charge is 1.79. The fourth-order valence-corrected chi connectivity index (χ4v) is 0. The second-order valence-electron chi connectivity index (χ2n) is 2.44. The lowest BCUT2D eigenvalue weighted by molar-refractivity contribution is -0.116. The van der Waals surface area contributed by atoms with Crippen molar-refractivity contribution >= 4 is 5.78 Å². The number of Topliss-reactive ketones (excluding diaryl/α,β-unsaturated/α-hetero) is 1. The predicted octanol–water partition coefficient (Wildman–Crippen LogP) is 1.73. The zero-order chi connectivity index (χ0) is 8.57. The van der Waals surface area contributed by atoms with Crippen molar-refractivity contribution in [2.75, 3.05) is 0 Å². The van der Waals surface area contributed by atoms with Gasteiger partial charge in [-0.25, -0.2) is 0 Å². The number of hydrogen-bond donors (Lipinski definition) is 1. The van der Waals surface area contributed by atoms with Gasteiger partial charge in [-0.3, -0.25) is 0 Å². The molecule has 0 saturated carbocycles. The van der Waals surface area contributed by atoms with Crippen molar-refractivity contribution in [3.05, 3.63) is 0 Å². The Bertz CT molecular complexity index is 79.3. The summed E-state index contributed by atoms with van der Waals surface area (Å²) in [6.45, 7) is 7.51. The zero-order valence-corrected chi connectivity index (χ0v) is 7.48. The number of carbonyl (C=O) groups is 1. The van der Waals surface area contributed by atoms with E-state index in [0.717, 1.165) is 6.42 Å². The quantitative estimate of drug-likeness (QED) is 0.643. The standard InChI is InChI=1S/C4H11N.C4H8O/c2*1-3-4(2)5/h4H,3,5H2,1-2H3;3H2,1-2H3. The van der Waals surface area contributed by atoms with E-state index in [1.807, 2.05) is 13.8 Å². The Morgan fingerprint density at radius 2 is 1.70 bits per heavy atom. The van der Waals surface area contributed by atoms with E-state index in [0.29, 0.717) is 12.5 Å². The highest BCUT2D eigenvalue weighted by molar-refractivity contribution is 5.74. The third-order valence-electron chi connectivity index (χ3n) is 1.14. The van der Waals surface area contributed by atoms with Gasteiger partial charge in [-0.05, 0) is 20.3 Å². The minimum Gasteiger partial charge on any atom is -0.328 e. The maximum Gasteiger partial charge on any atom is 0.129 e. The first-order valence-electron chi connectivity index (χ1n) is 3.79. The van der Waals surface area contributed by atoms with Crippen molar-refractivity contribution in [3.63, 3.8) is 0 Å². The Morgan fingerprint density at radius 3 is 1.70 bits per heavy atom. The molecular weight excluding hydrogens is 126 g/mol. The van der Waals surface area contributed by atoms with Gasteiger partial charge in [0.25, 0.3) is 0 Å². The molecule has 0 rings (SSSR count). The fraction of sp³-hybridized carbons (Fsp3) is 0.875. The molecule has 0 aromatic carbocycles. The van der Waals surface area contributed by atoms with Crippen LogP contribution in [-0.4, -0.2) is 11.8 Å². The molecule has 0 heterocycles. The molecule has 0 aromatic rings. The van der Waals surface area contributed by atoms with Crippen LogP contribution in [-0.2, 0) is 4.79 Å². The van der Waals surface area contributed by atoms with Gasteiger partial charge >= 0.3 is 0 Å². The van der Waals surface area contributed by atoms with E-state index in [1.54, 1.807) is 6.92 Å². The summed E-state index contributed by atoms with van der Waals surface area (Å²) in [6.07, 6.45) is 1.75. The summed E-state index contributed by atoms with van der Waals surface area (Å²) in [5.74, 6) is 0.255. The summed E-state index contributed by atoms with van der Waals surface area (Å²) < 4.78 is 0. The van der Waals surface area contributed by atoms with Crippen LogP contribution in [0.15, 0.2) is 0 Å². The second kappa shape index (κ2) is 8.63. The Labute approximate surface area is 63.8 Å². The van der Waals surface area contributed by atoms with Gasteiger partial charge in [0, 0.05) is 12.5 Å². The summed E-state index contributed by atoms with van der Waals surface area (Å²) in [4.78, 5) is 9.81. The van der Waals surface area contributed by atoms with Crippen LogP contribution in [0.1, 0.15) is 40.5 Å². The molecule has 0 aromatic heterocycles. The largest absolute Gasteiger partial charge is 0.328 e. The van der Waals surface area contributed by atoms with Crippen LogP contribution in [0.4, 0.5) is 0 Å². The van der Waals surface area contributed by atoms with Gasteiger partial charge in [0.15, 0.2) is 0 Å². The van der Waals surface area contributed by atoms with Crippen LogP contribution in [0, 0.1) is 0 Å². The van der Waals surface area contributed by atoms with E-state index in [1.165, 1.54) is 0 Å². The summed E-state index contributed by atoms with van der Waals surface area (Å²) in [5, 5.41) is 0. The summed E-state index contributed by atoms with van der Waals surface area (Å²) in [6, 6.07) is 0.384. The Morgan fingerprint density at radius 1 is 1.50 bits per heavy atom. The Hall–Kier alpha value is -0.370. The minimum absolute atomic E-state index is 0.255. The first-order valence-corrected chi connectivity index (χ1v) is 3.79. The number of nitrogens with two attached hydrogens (primary N) is 1. The van der Waals surface area contributed by atoms with Crippen LogP contribution < -0.4 is 5.73 Å². The van der Waals surface area contributed by atoms with Crippen LogP contribution in [0.25, 0.3) is 0 Å². The fourth-order valence-electron chi connectivity index (χ4n) is 0. The molecule has 0 aliphatic heterocycles. The lowest BCUT2D eigenvalue weighted by atomic mass is 10.3. The van der Waals surface area contributed by atoms with E-state index in [4.69, 9.17) is 5.73 Å². The van der Waals surface area contributed by atoms with Crippen molar-refractivity contribution < 1.29 is 4.79 Å². The normalized spacial score (nSPS) is 11.3. The molecule has 10 heavy (non-hydrogen) atoms. The van der Waals surface area contributed by atoms with Crippen LogP contribution >= 0.6 is 0 Å². The van der Waals surface area contributed by atoms with Crippen molar-refractivity contribution in [3.8, 4) is 0 Å². The van der Waals surface area contributed by atoms with Gasteiger partial charge in [0.1, 0.15) is 5.78 Å². The number of rotatable bonds is 2. The molecule has 0 aliphatic rings. The van der Waals surface area contributed by atoms with Crippen molar-refractivity contribution in [2.24, 2.45) is 5.73 Å². The van der Waals surface area contributed by atoms with Crippen LogP contribution in [0.3, 0.4) is 0 Å². The maximum atomic E-state index is 9.81. The van der Waals surface area contributed by atoms with Gasteiger partial charge in [-0.2, -0.15) is 0 Å². The maximum absolute atomic E-state index is 9.81. The molecule has 2 heteroatoms. The predicted molar refractivity (Wildman–Crippen MR) is 44.9 cm³/mol. The molecular formula is C8H19NO. The zero-order valence-electron chi connectivity index (χ0n) is 7.48. The number of ketones is 1. The van der Waals surface area contributed by atoms with E-state index < -0.39 is 0 Å². The molecule has 1 unspecified atom stereocenters. The van der Waals surface area contributed by atoms with Crippen LogP contribution in [0.5, 0.6) is 0 Å². The highest BCUT2D eigenvalue weighted by atomic mass is 16.1. The average Bonchev–Trinajstić information content (AvgIpc) is 1.89. The van der Waals surface area contributed by atoms with Gasteiger partial charge in [-0.15, -0.1) is 0 Å². The lowest BCUT2D eigenvalue weighted by Gasteiger charge is -1.91. The molecule has 0 bridgehead atoms. The van der Waals surface area contributed by atoms with E-state index in [2.05, 4.69) is 6.92 Å². The molecule has 0 fully saturated rings. The molecule has 2 N–H and O–H groups in total. The van der Waals surface area contributed by atoms with Crippen LogP contribution in [0.2, 0.25) is 0 Å². The number of carbonyl (C=O) groups excluding carboxylic acids is 1. The van der Waals surface area contributed by atoms with E-state index >= 15 is 0 Å². The average molecular weight is 145 g/mol. The summed E-state index contributed by atoms with van der Waals surface area (Å²) in [5.41, 5.74) is 5.29. The molecule has 0 saturated heterocycles. The highest BCUT2D eigenvalue weighted by Crippen LogP contribution is 1.77. The molecule has 2 nitrogen and oxygen atoms in total. The molecule has 0 amide bonds. The first-order chi connectivity index (χ1) is 4.54. The monoisotopic (exact) mass is 145 g/mol. The molecule has 1 atom stereocenters. The third-order valence-corrected chi connectivity index (χ3v) is 1.14. The topological polar surface area (TPSA) is 43.1 Å². The summed E-state index contributed by atoms with van der Waals surface area (Å²) >= 11 is 0.